The Morgan fingerprint density at radius 1 is 1.33 bits per heavy atom. The summed E-state index contributed by atoms with van der Waals surface area (Å²) in [4.78, 5) is 12.7. The van der Waals surface area contributed by atoms with Gasteiger partial charge in [-0.2, -0.15) is 11.8 Å². The van der Waals surface area contributed by atoms with Crippen LogP contribution in [0.25, 0.3) is 0 Å². The number of epoxide rings is 1. The zero-order valence-corrected chi connectivity index (χ0v) is 19.4. The number of hydrogen-bond acceptors (Lipinski definition) is 6. The molecule has 6 heteroatoms. The van der Waals surface area contributed by atoms with Gasteiger partial charge in [-0.3, -0.25) is 0 Å². The van der Waals surface area contributed by atoms with Crippen molar-refractivity contribution in [3.63, 3.8) is 0 Å². The highest BCUT2D eigenvalue weighted by Gasteiger charge is 2.67. The molecule has 0 spiro atoms. The van der Waals surface area contributed by atoms with Crippen LogP contribution in [0.3, 0.4) is 0 Å². The Morgan fingerprint density at radius 3 is 2.63 bits per heavy atom. The molecule has 6 atom stereocenters. The Morgan fingerprint density at radius 2 is 2.03 bits per heavy atom. The molecule has 1 N–H and O–H groups in total. The lowest BCUT2D eigenvalue weighted by Crippen LogP contribution is -2.61. The number of thioether (sulfide) groups is 1. The summed E-state index contributed by atoms with van der Waals surface area (Å²) in [6.45, 7) is 6.20. The Labute approximate surface area is 184 Å². The molecule has 1 saturated carbocycles. The molecule has 3 rings (SSSR count). The van der Waals surface area contributed by atoms with Crippen molar-refractivity contribution in [3.05, 3.63) is 47.5 Å². The molecule has 2 aliphatic rings. The predicted molar refractivity (Wildman–Crippen MR) is 120 cm³/mol. The van der Waals surface area contributed by atoms with E-state index in [1.54, 1.807) is 31.0 Å². The van der Waals surface area contributed by atoms with Gasteiger partial charge in [-0.05, 0) is 58.4 Å². The summed E-state index contributed by atoms with van der Waals surface area (Å²) >= 11 is 1.62. The maximum absolute atomic E-state index is 12.7. The van der Waals surface area contributed by atoms with Gasteiger partial charge in [0.25, 0.3) is 0 Å². The molecule has 0 amide bonds. The molecule has 0 bridgehead atoms. The minimum atomic E-state index is -0.940. The monoisotopic (exact) mass is 434 g/mol. The Kier molecular flexibility index (Phi) is 7.33. The lowest BCUT2D eigenvalue weighted by molar-refractivity contribution is -0.171. The number of rotatable bonds is 8. The van der Waals surface area contributed by atoms with Crippen molar-refractivity contribution in [2.24, 2.45) is 5.92 Å². The zero-order chi connectivity index (χ0) is 21.9. The van der Waals surface area contributed by atoms with Crippen LogP contribution in [-0.2, 0) is 14.2 Å². The molecule has 30 heavy (non-hydrogen) atoms. The highest BCUT2D eigenvalue weighted by Crippen LogP contribution is 2.55. The second-order valence-corrected chi connectivity index (χ2v) is 9.74. The van der Waals surface area contributed by atoms with Crippen molar-refractivity contribution >= 4 is 17.7 Å². The number of aliphatic hydroxyl groups is 1. The van der Waals surface area contributed by atoms with Crippen molar-refractivity contribution in [3.8, 4) is 0 Å². The molecule has 166 valence electrons. The van der Waals surface area contributed by atoms with E-state index in [0.717, 1.165) is 6.42 Å². The van der Waals surface area contributed by atoms with Gasteiger partial charge >= 0.3 is 5.97 Å². The lowest BCUT2D eigenvalue weighted by Gasteiger charge is -2.48. The van der Waals surface area contributed by atoms with E-state index in [-0.39, 0.29) is 18.0 Å². The number of ether oxygens (including phenoxy) is 3. The molecule has 1 aromatic carbocycles. The van der Waals surface area contributed by atoms with Crippen molar-refractivity contribution in [1.82, 2.24) is 0 Å². The highest BCUT2D eigenvalue weighted by atomic mass is 32.2. The van der Waals surface area contributed by atoms with Crippen molar-refractivity contribution < 1.29 is 24.1 Å². The van der Waals surface area contributed by atoms with Crippen LogP contribution in [-0.4, -0.2) is 59.7 Å². The summed E-state index contributed by atoms with van der Waals surface area (Å²) in [6.07, 6.45) is 5.21. The molecule has 6 unspecified atom stereocenters. The summed E-state index contributed by atoms with van der Waals surface area (Å²) in [5.74, 6) is -0.0643. The molecule has 1 aliphatic carbocycles. The average molecular weight is 435 g/mol. The Bertz CT molecular complexity index is 762. The number of carbonyl (C=O) groups is 1. The zero-order valence-electron chi connectivity index (χ0n) is 18.6. The Balaban J connectivity index is 1.84. The quantitative estimate of drug-likeness (QED) is 0.375. The molecule has 1 aromatic rings. The molecule has 2 fully saturated rings. The van der Waals surface area contributed by atoms with E-state index in [2.05, 4.69) is 26.8 Å². The fourth-order valence-electron chi connectivity index (χ4n) is 4.87. The standard InChI is InChI=1S/C24H34O5S/c1-16(2)11-12-19-23(3,29-19)21-20(27-4)18(13-14-24(21,26)15-30-5)28-22(25)17-9-7-6-8-10-17/h6-11,18-21,26H,12-15H2,1-5H3. The number of carbonyl (C=O) groups excluding carboxylic acids is 1. The molecule has 5 nitrogen and oxygen atoms in total. The van der Waals surface area contributed by atoms with Crippen LogP contribution >= 0.6 is 11.8 Å². The summed E-state index contributed by atoms with van der Waals surface area (Å²) in [5, 5.41) is 11.6. The third-order valence-corrected chi connectivity index (χ3v) is 7.19. The third kappa shape index (κ3) is 4.77. The first kappa shape index (κ1) is 23.3. The van der Waals surface area contributed by atoms with E-state index >= 15 is 0 Å². The Hall–Kier alpha value is -1.34. The van der Waals surface area contributed by atoms with Crippen LogP contribution in [0.2, 0.25) is 0 Å². The van der Waals surface area contributed by atoms with Crippen LogP contribution in [0.5, 0.6) is 0 Å². The summed E-state index contributed by atoms with van der Waals surface area (Å²) in [7, 11) is 1.63. The molecule has 1 heterocycles. The van der Waals surface area contributed by atoms with E-state index in [1.165, 1.54) is 5.57 Å². The maximum Gasteiger partial charge on any atom is 0.338 e. The van der Waals surface area contributed by atoms with E-state index < -0.39 is 23.4 Å². The first-order chi connectivity index (χ1) is 14.2. The molecule has 1 saturated heterocycles. The van der Waals surface area contributed by atoms with Gasteiger partial charge in [0, 0.05) is 18.8 Å². The smallest absolute Gasteiger partial charge is 0.338 e. The fourth-order valence-corrected chi connectivity index (χ4v) is 5.69. The second kappa shape index (κ2) is 9.43. The van der Waals surface area contributed by atoms with E-state index in [0.29, 0.717) is 24.2 Å². The predicted octanol–water partition coefficient (Wildman–Crippen LogP) is 4.24. The SMILES string of the molecule is COC1C(OC(=O)c2ccccc2)CCC(O)(CSC)C1C1(C)OC1CC=C(C)C. The number of benzene rings is 1. The normalized spacial score (nSPS) is 35.5. The van der Waals surface area contributed by atoms with E-state index in [4.69, 9.17) is 14.2 Å². The van der Waals surface area contributed by atoms with Gasteiger partial charge in [0.1, 0.15) is 17.8 Å². The van der Waals surface area contributed by atoms with Gasteiger partial charge < -0.3 is 19.3 Å². The van der Waals surface area contributed by atoms with Crippen LogP contribution in [0, 0.1) is 5.92 Å². The average Bonchev–Trinajstić information content (AvgIpc) is 3.38. The minimum Gasteiger partial charge on any atom is -0.456 e. The van der Waals surface area contributed by atoms with Crippen LogP contribution in [0.1, 0.15) is 50.4 Å². The van der Waals surface area contributed by atoms with Crippen LogP contribution in [0.4, 0.5) is 0 Å². The maximum atomic E-state index is 12.7. The first-order valence-electron chi connectivity index (χ1n) is 10.6. The van der Waals surface area contributed by atoms with Crippen molar-refractivity contribution in [2.45, 2.75) is 69.5 Å². The molecular formula is C24H34O5S. The molecule has 0 radical (unpaired) electrons. The number of methoxy groups -OCH3 is 1. The van der Waals surface area contributed by atoms with Gasteiger partial charge in [0.2, 0.25) is 0 Å². The topological polar surface area (TPSA) is 68.3 Å². The lowest BCUT2D eigenvalue weighted by atomic mass is 9.66. The number of allylic oxidation sites excluding steroid dienone is 1. The summed E-state index contributed by atoms with van der Waals surface area (Å²) in [5.41, 5.74) is 0.303. The third-order valence-electron chi connectivity index (χ3n) is 6.41. The van der Waals surface area contributed by atoms with E-state index in [1.807, 2.05) is 24.5 Å². The number of esters is 1. The van der Waals surface area contributed by atoms with Crippen LogP contribution in [0.15, 0.2) is 42.0 Å². The van der Waals surface area contributed by atoms with Crippen molar-refractivity contribution in [1.29, 1.82) is 0 Å². The first-order valence-corrected chi connectivity index (χ1v) is 12.0. The van der Waals surface area contributed by atoms with E-state index in [9.17, 15) is 9.90 Å². The van der Waals surface area contributed by atoms with Gasteiger partial charge in [0.05, 0.1) is 17.3 Å². The highest BCUT2D eigenvalue weighted by molar-refractivity contribution is 7.98. The largest absolute Gasteiger partial charge is 0.456 e. The molecular weight excluding hydrogens is 400 g/mol. The molecule has 1 aliphatic heterocycles. The summed E-state index contributed by atoms with van der Waals surface area (Å²) < 4.78 is 18.0. The second-order valence-electron chi connectivity index (χ2n) is 8.87. The fraction of sp³-hybridized carbons (Fsp3) is 0.625. The van der Waals surface area contributed by atoms with Gasteiger partial charge in [-0.1, -0.05) is 29.8 Å². The van der Waals surface area contributed by atoms with Crippen molar-refractivity contribution in [2.75, 3.05) is 19.1 Å². The molecule has 0 aromatic heterocycles. The number of hydrogen-bond donors (Lipinski definition) is 1. The van der Waals surface area contributed by atoms with Crippen LogP contribution < -0.4 is 0 Å². The van der Waals surface area contributed by atoms with Gasteiger partial charge in [0.15, 0.2) is 0 Å². The summed E-state index contributed by atoms with van der Waals surface area (Å²) in [6, 6.07) is 8.99. The van der Waals surface area contributed by atoms with Gasteiger partial charge in [-0.25, -0.2) is 4.79 Å². The minimum absolute atomic E-state index is 0.0204. The van der Waals surface area contributed by atoms with Gasteiger partial charge in [-0.15, -0.1) is 0 Å².